The lowest BCUT2D eigenvalue weighted by Gasteiger charge is -2.22. The third-order valence-corrected chi connectivity index (χ3v) is 5.07. The molecule has 0 spiro atoms. The predicted octanol–water partition coefficient (Wildman–Crippen LogP) is 4.51. The van der Waals surface area contributed by atoms with Crippen LogP contribution in [0.25, 0.3) is 0 Å². The molecule has 0 aliphatic heterocycles. The average molecular weight is 370 g/mol. The van der Waals surface area contributed by atoms with Crippen molar-refractivity contribution in [1.29, 1.82) is 0 Å². The average Bonchev–Trinajstić information content (AvgIpc) is 2.94. The van der Waals surface area contributed by atoms with E-state index >= 15 is 0 Å². The molecular formula is C16H20BrNO2S. The molecule has 2 N–H and O–H groups in total. The molecule has 1 heterocycles. The number of benzene rings is 1. The summed E-state index contributed by atoms with van der Waals surface area (Å²) in [5.41, 5.74) is 7.33. The van der Waals surface area contributed by atoms with Crippen molar-refractivity contribution in [3.63, 3.8) is 0 Å². The molecule has 2 atom stereocenters. The van der Waals surface area contributed by atoms with E-state index in [0.29, 0.717) is 6.61 Å². The molecule has 3 nitrogen and oxygen atoms in total. The van der Waals surface area contributed by atoms with Crippen molar-refractivity contribution >= 4 is 27.3 Å². The zero-order chi connectivity index (χ0) is 15.2. The van der Waals surface area contributed by atoms with E-state index < -0.39 is 0 Å². The van der Waals surface area contributed by atoms with Gasteiger partial charge in [-0.1, -0.05) is 19.1 Å². The summed E-state index contributed by atoms with van der Waals surface area (Å²) in [7, 11) is 1.66. The summed E-state index contributed by atoms with van der Waals surface area (Å²) in [5.74, 6) is 0.850. The Morgan fingerprint density at radius 1 is 1.29 bits per heavy atom. The second kappa shape index (κ2) is 7.94. The van der Waals surface area contributed by atoms with Crippen molar-refractivity contribution in [1.82, 2.24) is 0 Å². The molecule has 0 aliphatic carbocycles. The minimum atomic E-state index is -0.0756. The first-order valence-corrected chi connectivity index (χ1v) is 8.55. The van der Waals surface area contributed by atoms with Gasteiger partial charge in [0, 0.05) is 20.8 Å². The number of thiophene rings is 1. The number of methoxy groups -OCH3 is 1. The van der Waals surface area contributed by atoms with E-state index in [9.17, 15) is 0 Å². The van der Waals surface area contributed by atoms with Gasteiger partial charge in [0.15, 0.2) is 0 Å². The minimum Gasteiger partial charge on any atom is -0.497 e. The quantitative estimate of drug-likeness (QED) is 0.780. The van der Waals surface area contributed by atoms with Crippen LogP contribution in [0.2, 0.25) is 0 Å². The van der Waals surface area contributed by atoms with Gasteiger partial charge in [-0.15, -0.1) is 11.3 Å². The Labute approximate surface area is 138 Å². The van der Waals surface area contributed by atoms with Gasteiger partial charge in [-0.3, -0.25) is 0 Å². The summed E-state index contributed by atoms with van der Waals surface area (Å²) in [6.07, 6.45) is 0.802. The summed E-state index contributed by atoms with van der Waals surface area (Å²) < 4.78 is 12.3. The van der Waals surface area contributed by atoms with Gasteiger partial charge in [0.1, 0.15) is 11.9 Å². The largest absolute Gasteiger partial charge is 0.497 e. The van der Waals surface area contributed by atoms with Gasteiger partial charge in [0.2, 0.25) is 0 Å². The van der Waals surface area contributed by atoms with Gasteiger partial charge in [0.05, 0.1) is 13.7 Å². The molecule has 5 heteroatoms. The van der Waals surface area contributed by atoms with Crippen LogP contribution < -0.4 is 10.5 Å². The number of hydrogen-bond acceptors (Lipinski definition) is 4. The molecule has 0 aliphatic rings. The maximum absolute atomic E-state index is 6.21. The van der Waals surface area contributed by atoms with Crippen LogP contribution in [0.4, 0.5) is 0 Å². The highest BCUT2D eigenvalue weighted by molar-refractivity contribution is 9.10. The van der Waals surface area contributed by atoms with Crippen LogP contribution in [0.1, 0.15) is 29.9 Å². The maximum Gasteiger partial charge on any atom is 0.118 e. The van der Waals surface area contributed by atoms with Gasteiger partial charge in [-0.25, -0.2) is 0 Å². The predicted molar refractivity (Wildman–Crippen MR) is 90.8 cm³/mol. The highest BCUT2D eigenvalue weighted by Gasteiger charge is 2.21. The van der Waals surface area contributed by atoms with Crippen LogP contribution >= 0.6 is 27.3 Å². The molecule has 0 bridgehead atoms. The fourth-order valence-electron chi connectivity index (χ4n) is 2.02. The zero-order valence-corrected chi connectivity index (χ0v) is 14.6. The minimum absolute atomic E-state index is 0.00574. The van der Waals surface area contributed by atoms with Crippen molar-refractivity contribution in [2.24, 2.45) is 5.73 Å². The Kier molecular flexibility index (Phi) is 6.23. The van der Waals surface area contributed by atoms with Gasteiger partial charge in [-0.05, 0) is 46.1 Å². The SMILES string of the molecule is CCC(N)C(OCc1ccc(OC)cc1)c1cc(Br)cs1. The lowest BCUT2D eigenvalue weighted by Crippen LogP contribution is -2.29. The Bertz CT molecular complexity index is 556. The molecule has 0 saturated carbocycles. The standard InChI is InChI=1S/C16H20BrNO2S/c1-3-14(18)16(15-8-12(17)10-21-15)20-9-11-4-6-13(19-2)7-5-11/h4-8,10,14,16H,3,9,18H2,1-2H3. The Morgan fingerprint density at radius 2 is 2.00 bits per heavy atom. The van der Waals surface area contributed by atoms with Gasteiger partial charge < -0.3 is 15.2 Å². The maximum atomic E-state index is 6.21. The number of rotatable bonds is 7. The van der Waals surface area contributed by atoms with Gasteiger partial charge in [-0.2, -0.15) is 0 Å². The van der Waals surface area contributed by atoms with Gasteiger partial charge in [0.25, 0.3) is 0 Å². The first-order chi connectivity index (χ1) is 10.1. The second-order valence-electron chi connectivity index (χ2n) is 4.82. The molecule has 0 fully saturated rings. The fourth-order valence-corrected chi connectivity index (χ4v) is 3.58. The monoisotopic (exact) mass is 369 g/mol. The molecular weight excluding hydrogens is 350 g/mol. The van der Waals surface area contributed by atoms with Crippen LogP contribution in [0, 0.1) is 0 Å². The molecule has 114 valence electrons. The van der Waals surface area contributed by atoms with Crippen LogP contribution in [0.15, 0.2) is 40.2 Å². The molecule has 1 aromatic carbocycles. The fraction of sp³-hybridized carbons (Fsp3) is 0.375. The van der Waals surface area contributed by atoms with Crippen molar-refractivity contribution in [2.75, 3.05) is 7.11 Å². The molecule has 1 aromatic heterocycles. The molecule has 0 saturated heterocycles. The number of halogens is 1. The van der Waals surface area contributed by atoms with Crippen LogP contribution in [0.5, 0.6) is 5.75 Å². The third kappa shape index (κ3) is 4.54. The number of ether oxygens (including phenoxy) is 2. The molecule has 21 heavy (non-hydrogen) atoms. The van der Waals surface area contributed by atoms with E-state index in [-0.39, 0.29) is 12.1 Å². The zero-order valence-electron chi connectivity index (χ0n) is 12.2. The van der Waals surface area contributed by atoms with E-state index in [1.807, 2.05) is 24.3 Å². The van der Waals surface area contributed by atoms with Crippen LogP contribution in [-0.4, -0.2) is 13.2 Å². The first kappa shape index (κ1) is 16.5. The molecule has 2 unspecified atom stereocenters. The van der Waals surface area contributed by atoms with Crippen molar-refractivity contribution in [3.8, 4) is 5.75 Å². The molecule has 2 aromatic rings. The van der Waals surface area contributed by atoms with E-state index in [2.05, 4.69) is 34.3 Å². The van der Waals surface area contributed by atoms with Crippen molar-refractivity contribution in [3.05, 3.63) is 50.6 Å². The van der Waals surface area contributed by atoms with Crippen molar-refractivity contribution in [2.45, 2.75) is 32.1 Å². The number of hydrogen-bond donors (Lipinski definition) is 1. The summed E-state index contributed by atoms with van der Waals surface area (Å²) in [6, 6.07) is 9.98. The molecule has 2 rings (SSSR count). The normalized spacial score (nSPS) is 13.9. The molecule has 0 amide bonds. The summed E-state index contributed by atoms with van der Waals surface area (Å²) >= 11 is 5.15. The highest BCUT2D eigenvalue weighted by Crippen LogP contribution is 2.31. The van der Waals surface area contributed by atoms with E-state index in [1.165, 1.54) is 0 Å². The Balaban J connectivity index is 2.04. The summed E-state index contributed by atoms with van der Waals surface area (Å²) in [5, 5.41) is 2.06. The third-order valence-electron chi connectivity index (χ3n) is 3.32. The smallest absolute Gasteiger partial charge is 0.118 e. The van der Waals surface area contributed by atoms with E-state index in [1.54, 1.807) is 18.4 Å². The van der Waals surface area contributed by atoms with Crippen LogP contribution in [-0.2, 0) is 11.3 Å². The van der Waals surface area contributed by atoms with Crippen LogP contribution in [0.3, 0.4) is 0 Å². The highest BCUT2D eigenvalue weighted by atomic mass is 79.9. The lowest BCUT2D eigenvalue weighted by atomic mass is 10.1. The van der Waals surface area contributed by atoms with Crippen molar-refractivity contribution < 1.29 is 9.47 Å². The first-order valence-electron chi connectivity index (χ1n) is 6.88. The Hall–Kier alpha value is -0.880. The molecule has 0 radical (unpaired) electrons. The Morgan fingerprint density at radius 3 is 2.52 bits per heavy atom. The topological polar surface area (TPSA) is 44.5 Å². The lowest BCUT2D eigenvalue weighted by molar-refractivity contribution is 0.0236. The van der Waals surface area contributed by atoms with Gasteiger partial charge >= 0.3 is 0 Å². The second-order valence-corrected chi connectivity index (χ2v) is 6.68. The summed E-state index contributed by atoms with van der Waals surface area (Å²) in [6.45, 7) is 2.62. The summed E-state index contributed by atoms with van der Waals surface area (Å²) in [4.78, 5) is 1.16. The van der Waals surface area contributed by atoms with E-state index in [4.69, 9.17) is 15.2 Å². The van der Waals surface area contributed by atoms with E-state index in [0.717, 1.165) is 27.1 Å². The number of nitrogens with two attached hydrogens (primary N) is 1.